The van der Waals surface area contributed by atoms with Crippen molar-refractivity contribution in [2.45, 2.75) is 104 Å². The van der Waals surface area contributed by atoms with Crippen LogP contribution in [0.4, 0.5) is 9.59 Å². The van der Waals surface area contributed by atoms with Crippen LogP contribution in [-0.2, 0) is 33.7 Å². The highest BCUT2D eigenvalue weighted by molar-refractivity contribution is 5.88. The molecule has 1 aliphatic rings. The van der Waals surface area contributed by atoms with Gasteiger partial charge in [-0.15, -0.1) is 0 Å². The number of hydrogen-bond donors (Lipinski definition) is 4. The van der Waals surface area contributed by atoms with Crippen LogP contribution in [0.25, 0.3) is 0 Å². The summed E-state index contributed by atoms with van der Waals surface area (Å²) in [6.45, 7) is 10.9. The van der Waals surface area contributed by atoms with Crippen LogP contribution in [0, 0.1) is 18.8 Å². The largest absolute Gasteiger partial charge is 0.453 e. The van der Waals surface area contributed by atoms with E-state index in [1.807, 2.05) is 113 Å². The van der Waals surface area contributed by atoms with E-state index in [-0.39, 0.29) is 30.2 Å². The number of aliphatic hydroxyl groups is 1. The standard InChI is InChI=1S/C42H58N6O6/c1-7-28(3)37(46-41(52)54-6)39(50)45-35(25-32-19-13-10-14-20-32)36(49)26-34(24-31-17-11-9-12-18-31)44-40(51)38(29(4)8-2)48-23-22-47(42(48)53)27-33-21-15-16-30(5)43-33/h9-21,28-29,34-38,49H,7-8,22-27H2,1-6H3,(H,44,51)(H,45,50)(H,46,52). The Hall–Kier alpha value is -4.97. The summed E-state index contributed by atoms with van der Waals surface area (Å²) >= 11 is 0. The molecule has 12 heteroatoms. The van der Waals surface area contributed by atoms with Crippen molar-refractivity contribution in [1.29, 1.82) is 0 Å². The topological polar surface area (TPSA) is 153 Å². The fraction of sp³-hybridized carbons (Fsp3) is 0.500. The first-order chi connectivity index (χ1) is 25.9. The van der Waals surface area contributed by atoms with Gasteiger partial charge in [0.05, 0.1) is 31.5 Å². The normalized spacial score (nSPS) is 16.8. The highest BCUT2D eigenvalue weighted by Crippen LogP contribution is 2.23. The summed E-state index contributed by atoms with van der Waals surface area (Å²) in [5, 5.41) is 20.9. The first-order valence-electron chi connectivity index (χ1n) is 19.1. The van der Waals surface area contributed by atoms with E-state index in [4.69, 9.17) is 4.74 Å². The molecule has 2 heterocycles. The van der Waals surface area contributed by atoms with E-state index < -0.39 is 42.3 Å². The Labute approximate surface area is 320 Å². The number of carbonyl (C=O) groups is 4. The molecule has 5 amide bonds. The molecular weight excluding hydrogens is 684 g/mol. The molecule has 1 aliphatic heterocycles. The lowest BCUT2D eigenvalue weighted by molar-refractivity contribution is -0.128. The van der Waals surface area contributed by atoms with Gasteiger partial charge in [0, 0.05) is 24.8 Å². The van der Waals surface area contributed by atoms with Crippen molar-refractivity contribution in [1.82, 2.24) is 30.7 Å². The zero-order valence-electron chi connectivity index (χ0n) is 32.5. The van der Waals surface area contributed by atoms with Crippen molar-refractivity contribution in [3.63, 3.8) is 0 Å². The minimum Gasteiger partial charge on any atom is -0.453 e. The summed E-state index contributed by atoms with van der Waals surface area (Å²) in [5.41, 5.74) is 3.53. The molecule has 4 N–H and O–H groups in total. The molecule has 1 fully saturated rings. The van der Waals surface area contributed by atoms with E-state index in [0.29, 0.717) is 45.3 Å². The Bertz CT molecular complexity index is 1660. The van der Waals surface area contributed by atoms with Gasteiger partial charge < -0.3 is 35.6 Å². The van der Waals surface area contributed by atoms with Crippen LogP contribution in [0.2, 0.25) is 0 Å². The van der Waals surface area contributed by atoms with Gasteiger partial charge in [0.1, 0.15) is 12.1 Å². The van der Waals surface area contributed by atoms with Gasteiger partial charge in [-0.05, 0) is 61.3 Å². The van der Waals surface area contributed by atoms with Crippen LogP contribution in [0.5, 0.6) is 0 Å². The van der Waals surface area contributed by atoms with Crippen LogP contribution in [0.3, 0.4) is 0 Å². The SMILES string of the molecule is CCC(C)C(NC(=O)OC)C(=O)NC(Cc1ccccc1)C(O)CC(Cc1ccccc1)NC(=O)C(C(C)CC)N1CCN(Cc2cccc(C)n2)C1=O. The molecule has 1 saturated heterocycles. The predicted octanol–water partition coefficient (Wildman–Crippen LogP) is 5.02. The molecule has 2 aromatic carbocycles. The Morgan fingerprint density at radius 1 is 0.815 bits per heavy atom. The summed E-state index contributed by atoms with van der Waals surface area (Å²) < 4.78 is 4.79. The molecular formula is C42H58N6O6. The van der Waals surface area contributed by atoms with Gasteiger partial charge in [0.25, 0.3) is 0 Å². The third-order valence-corrected chi connectivity index (χ3v) is 10.5. The van der Waals surface area contributed by atoms with E-state index in [1.165, 1.54) is 7.11 Å². The number of nitrogens with one attached hydrogen (secondary N) is 3. The van der Waals surface area contributed by atoms with E-state index >= 15 is 0 Å². The molecule has 12 nitrogen and oxygen atoms in total. The van der Waals surface area contributed by atoms with Crippen LogP contribution < -0.4 is 16.0 Å². The molecule has 292 valence electrons. The van der Waals surface area contributed by atoms with Crippen LogP contribution in [0.15, 0.2) is 78.9 Å². The van der Waals surface area contributed by atoms with E-state index in [1.54, 1.807) is 9.80 Å². The molecule has 0 bridgehead atoms. The zero-order chi connectivity index (χ0) is 39.2. The first kappa shape index (κ1) is 41.8. The maximum absolute atomic E-state index is 14.4. The maximum Gasteiger partial charge on any atom is 0.407 e. The molecule has 0 spiro atoms. The molecule has 3 aromatic rings. The third-order valence-electron chi connectivity index (χ3n) is 10.5. The minimum atomic E-state index is -1.09. The van der Waals surface area contributed by atoms with Gasteiger partial charge in [-0.1, -0.05) is 107 Å². The summed E-state index contributed by atoms with van der Waals surface area (Å²) in [5.74, 6) is -1.07. The number of aliphatic hydroxyl groups excluding tert-OH is 1. The van der Waals surface area contributed by atoms with Crippen molar-refractivity contribution in [3.8, 4) is 0 Å². The third kappa shape index (κ3) is 11.8. The van der Waals surface area contributed by atoms with Crippen molar-refractivity contribution < 1.29 is 29.0 Å². The molecule has 0 aliphatic carbocycles. The number of nitrogens with zero attached hydrogens (tertiary/aromatic N) is 3. The van der Waals surface area contributed by atoms with Gasteiger partial charge >= 0.3 is 12.1 Å². The van der Waals surface area contributed by atoms with Gasteiger partial charge in [0.15, 0.2) is 0 Å². The van der Waals surface area contributed by atoms with Gasteiger partial charge in [0.2, 0.25) is 11.8 Å². The van der Waals surface area contributed by atoms with Gasteiger partial charge in [-0.25, -0.2) is 9.59 Å². The highest BCUT2D eigenvalue weighted by atomic mass is 16.5. The summed E-state index contributed by atoms with van der Waals surface area (Å²) in [4.78, 5) is 62.2. The van der Waals surface area contributed by atoms with Crippen LogP contribution >= 0.6 is 0 Å². The number of ether oxygens (including phenoxy) is 1. The molecule has 4 rings (SSSR count). The Kier molecular flexibility index (Phi) is 15.8. The number of methoxy groups -OCH3 is 1. The minimum absolute atomic E-state index is 0.114. The number of rotatable bonds is 19. The molecule has 1 aromatic heterocycles. The monoisotopic (exact) mass is 742 g/mol. The lowest BCUT2D eigenvalue weighted by Gasteiger charge is -2.34. The van der Waals surface area contributed by atoms with Crippen LogP contribution in [0.1, 0.15) is 69.5 Å². The predicted molar refractivity (Wildman–Crippen MR) is 208 cm³/mol. The average molecular weight is 743 g/mol. The number of alkyl carbamates (subject to hydrolysis) is 1. The number of aromatic nitrogens is 1. The number of aryl methyl sites for hydroxylation is 1. The Morgan fingerprint density at radius 2 is 1.44 bits per heavy atom. The fourth-order valence-corrected chi connectivity index (χ4v) is 6.97. The Morgan fingerprint density at radius 3 is 2.04 bits per heavy atom. The number of pyridine rings is 1. The number of hydrogen-bond acceptors (Lipinski definition) is 7. The first-order valence-corrected chi connectivity index (χ1v) is 19.1. The second kappa shape index (κ2) is 20.5. The van der Waals surface area contributed by atoms with E-state index in [0.717, 1.165) is 22.5 Å². The molecule has 7 atom stereocenters. The molecule has 7 unspecified atom stereocenters. The fourth-order valence-electron chi connectivity index (χ4n) is 6.97. The smallest absolute Gasteiger partial charge is 0.407 e. The van der Waals surface area contributed by atoms with Gasteiger partial charge in [-0.2, -0.15) is 0 Å². The summed E-state index contributed by atoms with van der Waals surface area (Å²) in [7, 11) is 1.24. The number of carbonyl (C=O) groups excluding carboxylic acids is 4. The van der Waals surface area contributed by atoms with Crippen molar-refractivity contribution in [2.24, 2.45) is 11.8 Å². The second-order valence-corrected chi connectivity index (χ2v) is 14.5. The number of amides is 5. The van der Waals surface area contributed by atoms with Crippen molar-refractivity contribution in [3.05, 3.63) is 101 Å². The maximum atomic E-state index is 14.4. The van der Waals surface area contributed by atoms with Gasteiger partial charge in [-0.3, -0.25) is 14.6 Å². The van der Waals surface area contributed by atoms with Crippen molar-refractivity contribution >= 4 is 23.9 Å². The molecule has 54 heavy (non-hydrogen) atoms. The zero-order valence-corrected chi connectivity index (χ0v) is 32.5. The van der Waals surface area contributed by atoms with Crippen molar-refractivity contribution in [2.75, 3.05) is 20.2 Å². The Balaban J connectivity index is 1.58. The summed E-state index contributed by atoms with van der Waals surface area (Å²) in [6, 6.07) is 21.9. The summed E-state index contributed by atoms with van der Waals surface area (Å²) in [6.07, 6.45) is 0.334. The number of urea groups is 1. The highest BCUT2D eigenvalue weighted by Gasteiger charge is 2.41. The van der Waals surface area contributed by atoms with E-state index in [9.17, 15) is 24.3 Å². The molecule has 0 saturated carbocycles. The molecule has 0 radical (unpaired) electrons. The number of benzene rings is 2. The average Bonchev–Trinajstić information content (AvgIpc) is 3.51. The second-order valence-electron chi connectivity index (χ2n) is 14.5. The van der Waals surface area contributed by atoms with E-state index in [2.05, 4.69) is 20.9 Å². The quantitative estimate of drug-likeness (QED) is 0.135. The lowest BCUT2D eigenvalue weighted by atomic mass is 9.91. The van der Waals surface area contributed by atoms with Crippen LogP contribution in [-0.4, -0.2) is 94.3 Å². The lowest BCUT2D eigenvalue weighted by Crippen LogP contribution is -2.57.